The van der Waals surface area contributed by atoms with E-state index >= 15 is 0 Å². The van der Waals surface area contributed by atoms with E-state index in [4.69, 9.17) is 10.5 Å². The fourth-order valence-electron chi connectivity index (χ4n) is 2.03. The lowest BCUT2D eigenvalue weighted by molar-refractivity contribution is 0.451. The standard InChI is InChI=1S/C17H22N2O/c1-4-12(2)15-7-5-6-8-16(15)20-17-10-9-14(11-19-17)13(3)18/h5-13H,4,18H2,1-3H3/t12?,13-/m0/s1. The maximum Gasteiger partial charge on any atom is 0.219 e. The van der Waals surface area contributed by atoms with Crippen LogP contribution in [0.4, 0.5) is 0 Å². The Kier molecular flexibility index (Phi) is 4.74. The van der Waals surface area contributed by atoms with Gasteiger partial charge in [-0.2, -0.15) is 0 Å². The Balaban J connectivity index is 2.21. The molecule has 2 N–H and O–H groups in total. The molecular weight excluding hydrogens is 248 g/mol. The normalized spacial score (nSPS) is 13.8. The minimum absolute atomic E-state index is 0.0102. The molecule has 2 aromatic rings. The van der Waals surface area contributed by atoms with Crippen LogP contribution in [0, 0.1) is 0 Å². The lowest BCUT2D eigenvalue weighted by atomic mass is 9.98. The van der Waals surface area contributed by atoms with Crippen molar-refractivity contribution in [3.63, 3.8) is 0 Å². The van der Waals surface area contributed by atoms with E-state index in [-0.39, 0.29) is 6.04 Å². The Hall–Kier alpha value is -1.87. The van der Waals surface area contributed by atoms with Crippen molar-refractivity contribution < 1.29 is 4.74 Å². The van der Waals surface area contributed by atoms with Crippen molar-refractivity contribution in [2.75, 3.05) is 0 Å². The first-order valence-corrected chi connectivity index (χ1v) is 7.10. The van der Waals surface area contributed by atoms with Gasteiger partial charge in [0.15, 0.2) is 0 Å². The third-order valence-electron chi connectivity index (χ3n) is 3.56. The average molecular weight is 270 g/mol. The maximum atomic E-state index is 5.92. The van der Waals surface area contributed by atoms with Crippen LogP contribution in [-0.2, 0) is 0 Å². The summed E-state index contributed by atoms with van der Waals surface area (Å²) >= 11 is 0. The van der Waals surface area contributed by atoms with E-state index in [0.29, 0.717) is 11.8 Å². The number of nitrogens with zero attached hydrogens (tertiary/aromatic N) is 1. The molecule has 20 heavy (non-hydrogen) atoms. The highest BCUT2D eigenvalue weighted by molar-refractivity contribution is 5.38. The van der Waals surface area contributed by atoms with Gasteiger partial charge >= 0.3 is 0 Å². The number of ether oxygens (including phenoxy) is 1. The van der Waals surface area contributed by atoms with E-state index in [1.165, 1.54) is 5.56 Å². The van der Waals surface area contributed by atoms with Gasteiger partial charge in [-0.15, -0.1) is 0 Å². The van der Waals surface area contributed by atoms with Crippen LogP contribution < -0.4 is 10.5 Å². The Labute approximate surface area is 120 Å². The molecule has 3 nitrogen and oxygen atoms in total. The minimum Gasteiger partial charge on any atom is -0.439 e. The second kappa shape index (κ2) is 6.53. The second-order valence-electron chi connectivity index (χ2n) is 5.17. The Morgan fingerprint density at radius 3 is 2.50 bits per heavy atom. The molecule has 1 aromatic carbocycles. The average Bonchev–Trinajstić information content (AvgIpc) is 2.47. The van der Waals surface area contributed by atoms with Crippen LogP contribution in [0.3, 0.4) is 0 Å². The summed E-state index contributed by atoms with van der Waals surface area (Å²) in [4.78, 5) is 4.32. The van der Waals surface area contributed by atoms with Crippen molar-refractivity contribution in [2.24, 2.45) is 5.73 Å². The summed E-state index contributed by atoms with van der Waals surface area (Å²) in [6.45, 7) is 6.32. The maximum absolute atomic E-state index is 5.92. The molecule has 1 aromatic heterocycles. The third-order valence-corrected chi connectivity index (χ3v) is 3.56. The van der Waals surface area contributed by atoms with Gasteiger partial charge < -0.3 is 10.5 Å². The van der Waals surface area contributed by atoms with Gasteiger partial charge in [0.2, 0.25) is 5.88 Å². The van der Waals surface area contributed by atoms with E-state index in [9.17, 15) is 0 Å². The van der Waals surface area contributed by atoms with Crippen LogP contribution >= 0.6 is 0 Å². The van der Waals surface area contributed by atoms with Crippen LogP contribution in [0.5, 0.6) is 11.6 Å². The predicted octanol–water partition coefficient (Wildman–Crippen LogP) is 4.41. The first-order valence-electron chi connectivity index (χ1n) is 7.10. The number of rotatable bonds is 5. The lowest BCUT2D eigenvalue weighted by Crippen LogP contribution is -2.05. The molecule has 0 radical (unpaired) electrons. The van der Waals surface area contributed by atoms with Crippen LogP contribution in [0.25, 0.3) is 0 Å². The van der Waals surface area contributed by atoms with Crippen LogP contribution in [0.15, 0.2) is 42.6 Å². The van der Waals surface area contributed by atoms with Crippen molar-refractivity contribution in [1.29, 1.82) is 0 Å². The molecule has 0 saturated heterocycles. The molecule has 0 aliphatic rings. The number of hydrogen-bond acceptors (Lipinski definition) is 3. The Morgan fingerprint density at radius 1 is 1.15 bits per heavy atom. The smallest absolute Gasteiger partial charge is 0.219 e. The molecule has 0 amide bonds. The molecule has 0 fully saturated rings. The topological polar surface area (TPSA) is 48.1 Å². The van der Waals surface area contributed by atoms with Gasteiger partial charge in [-0.3, -0.25) is 0 Å². The van der Waals surface area contributed by atoms with E-state index < -0.39 is 0 Å². The molecule has 1 heterocycles. The van der Waals surface area contributed by atoms with Gasteiger partial charge in [-0.1, -0.05) is 38.1 Å². The molecule has 3 heteroatoms. The summed E-state index contributed by atoms with van der Waals surface area (Å²) in [6.07, 6.45) is 2.85. The third kappa shape index (κ3) is 3.36. The second-order valence-corrected chi connectivity index (χ2v) is 5.17. The first-order chi connectivity index (χ1) is 9.61. The molecule has 0 spiro atoms. The van der Waals surface area contributed by atoms with Crippen molar-refractivity contribution in [2.45, 2.75) is 39.2 Å². The van der Waals surface area contributed by atoms with Crippen LogP contribution in [0.2, 0.25) is 0 Å². The zero-order valence-electron chi connectivity index (χ0n) is 12.3. The number of aromatic nitrogens is 1. The lowest BCUT2D eigenvalue weighted by Gasteiger charge is -2.15. The van der Waals surface area contributed by atoms with Gasteiger partial charge in [0.25, 0.3) is 0 Å². The SMILES string of the molecule is CCC(C)c1ccccc1Oc1ccc([C@H](C)N)cn1. The number of nitrogens with two attached hydrogens (primary N) is 1. The molecule has 0 saturated carbocycles. The van der Waals surface area contributed by atoms with E-state index in [2.05, 4.69) is 24.9 Å². The Bertz CT molecular complexity index is 549. The van der Waals surface area contributed by atoms with Crippen molar-refractivity contribution in [3.05, 3.63) is 53.7 Å². The molecule has 0 aliphatic carbocycles. The highest BCUT2D eigenvalue weighted by Gasteiger charge is 2.11. The van der Waals surface area contributed by atoms with E-state index in [1.54, 1.807) is 6.20 Å². The zero-order valence-corrected chi connectivity index (χ0v) is 12.3. The molecule has 2 rings (SSSR count). The highest BCUT2D eigenvalue weighted by atomic mass is 16.5. The summed E-state index contributed by atoms with van der Waals surface area (Å²) in [6, 6.07) is 11.9. The van der Waals surface area contributed by atoms with Crippen LogP contribution in [0.1, 0.15) is 50.3 Å². The summed E-state index contributed by atoms with van der Waals surface area (Å²) in [5, 5.41) is 0. The van der Waals surface area contributed by atoms with Crippen molar-refractivity contribution in [3.8, 4) is 11.6 Å². The highest BCUT2D eigenvalue weighted by Crippen LogP contribution is 2.31. The zero-order chi connectivity index (χ0) is 14.5. The number of pyridine rings is 1. The Morgan fingerprint density at radius 2 is 1.90 bits per heavy atom. The van der Waals surface area contributed by atoms with Gasteiger partial charge in [-0.25, -0.2) is 4.98 Å². The van der Waals surface area contributed by atoms with Gasteiger partial charge in [-0.05, 0) is 36.5 Å². The monoisotopic (exact) mass is 270 g/mol. The summed E-state index contributed by atoms with van der Waals surface area (Å²) < 4.78 is 5.92. The van der Waals surface area contributed by atoms with Crippen molar-refractivity contribution in [1.82, 2.24) is 4.98 Å². The van der Waals surface area contributed by atoms with E-state index in [1.807, 2.05) is 37.3 Å². The fraction of sp³-hybridized carbons (Fsp3) is 0.353. The molecule has 0 aliphatic heterocycles. The number of benzene rings is 1. The van der Waals surface area contributed by atoms with Gasteiger partial charge in [0.05, 0.1) is 0 Å². The molecular formula is C17H22N2O. The van der Waals surface area contributed by atoms with Crippen LogP contribution in [-0.4, -0.2) is 4.98 Å². The first kappa shape index (κ1) is 14.5. The van der Waals surface area contributed by atoms with Gasteiger partial charge in [0.1, 0.15) is 5.75 Å². The van der Waals surface area contributed by atoms with Crippen molar-refractivity contribution >= 4 is 0 Å². The summed E-state index contributed by atoms with van der Waals surface area (Å²) in [5.74, 6) is 1.95. The largest absolute Gasteiger partial charge is 0.439 e. The van der Waals surface area contributed by atoms with E-state index in [0.717, 1.165) is 17.7 Å². The minimum atomic E-state index is -0.0102. The summed E-state index contributed by atoms with van der Waals surface area (Å²) in [5.41, 5.74) is 8.04. The molecule has 2 atom stereocenters. The van der Waals surface area contributed by atoms with Gasteiger partial charge in [0, 0.05) is 18.3 Å². The molecule has 1 unspecified atom stereocenters. The number of para-hydroxylation sites is 1. The molecule has 106 valence electrons. The quantitative estimate of drug-likeness (QED) is 0.875. The molecule has 0 bridgehead atoms. The predicted molar refractivity (Wildman–Crippen MR) is 82.1 cm³/mol. The fourth-order valence-corrected chi connectivity index (χ4v) is 2.03. The number of hydrogen-bond donors (Lipinski definition) is 1. The summed E-state index contributed by atoms with van der Waals surface area (Å²) in [7, 11) is 0.